The molecule has 0 aliphatic carbocycles. The lowest BCUT2D eigenvalue weighted by atomic mass is 10.2. The Morgan fingerprint density at radius 2 is 1.88 bits per heavy atom. The van der Waals surface area contributed by atoms with Gasteiger partial charge in [0.25, 0.3) is 0 Å². The second kappa shape index (κ2) is 6.09. The molecule has 0 radical (unpaired) electrons. The van der Waals surface area contributed by atoms with Crippen molar-refractivity contribution >= 4 is 6.03 Å². The maximum absolute atomic E-state index is 12.0. The third-order valence-electron chi connectivity index (χ3n) is 3.56. The number of likely N-dealkylation sites (N-methyl/N-ethyl adjacent to an activating group) is 1. The van der Waals surface area contributed by atoms with Gasteiger partial charge in [0, 0.05) is 32.7 Å². The molecule has 4 heteroatoms. The van der Waals surface area contributed by atoms with Gasteiger partial charge in [-0.3, -0.25) is 4.90 Å². The van der Waals surface area contributed by atoms with E-state index in [4.69, 9.17) is 0 Å². The van der Waals surface area contributed by atoms with Crippen LogP contribution in [0.2, 0.25) is 0 Å². The lowest BCUT2D eigenvalue weighted by Gasteiger charge is -2.27. The first-order chi connectivity index (χ1) is 7.63. The second-order valence-electron chi connectivity index (χ2n) is 4.41. The highest BCUT2D eigenvalue weighted by Gasteiger charge is 2.30. The molecule has 94 valence electrons. The summed E-state index contributed by atoms with van der Waals surface area (Å²) in [6.07, 6.45) is 1.12. The van der Waals surface area contributed by atoms with Crippen LogP contribution in [0.15, 0.2) is 0 Å². The largest absolute Gasteiger partial charge is 0.328 e. The van der Waals surface area contributed by atoms with Crippen molar-refractivity contribution in [1.82, 2.24) is 14.7 Å². The van der Waals surface area contributed by atoms with Gasteiger partial charge in [0.05, 0.1) is 0 Å². The Bertz CT molecular complexity index is 228. The van der Waals surface area contributed by atoms with Crippen molar-refractivity contribution in [3.05, 3.63) is 0 Å². The number of carbonyl (C=O) groups is 1. The molecule has 16 heavy (non-hydrogen) atoms. The molecule has 1 aliphatic rings. The van der Waals surface area contributed by atoms with Crippen LogP contribution in [0.4, 0.5) is 4.79 Å². The molecule has 2 amide bonds. The zero-order valence-corrected chi connectivity index (χ0v) is 11.1. The lowest BCUT2D eigenvalue weighted by Crippen LogP contribution is -2.42. The SMILES string of the molecule is CCN(C)C(=O)N1CCC(N(CC)CC)C1. The fourth-order valence-electron chi connectivity index (χ4n) is 2.33. The molecule has 0 aromatic heterocycles. The Morgan fingerprint density at radius 3 is 2.38 bits per heavy atom. The number of amides is 2. The quantitative estimate of drug-likeness (QED) is 0.727. The van der Waals surface area contributed by atoms with Gasteiger partial charge in [-0.2, -0.15) is 0 Å². The fourth-order valence-corrected chi connectivity index (χ4v) is 2.33. The molecule has 0 spiro atoms. The number of nitrogens with zero attached hydrogens (tertiary/aromatic N) is 3. The van der Waals surface area contributed by atoms with Gasteiger partial charge in [-0.15, -0.1) is 0 Å². The first-order valence-corrected chi connectivity index (χ1v) is 6.38. The monoisotopic (exact) mass is 227 g/mol. The predicted molar refractivity (Wildman–Crippen MR) is 66.6 cm³/mol. The first kappa shape index (κ1) is 13.3. The van der Waals surface area contributed by atoms with E-state index in [-0.39, 0.29) is 6.03 Å². The van der Waals surface area contributed by atoms with Crippen LogP contribution in [-0.2, 0) is 0 Å². The number of carbonyl (C=O) groups excluding carboxylic acids is 1. The summed E-state index contributed by atoms with van der Waals surface area (Å²) in [5.74, 6) is 0. The number of hydrogen-bond acceptors (Lipinski definition) is 2. The second-order valence-corrected chi connectivity index (χ2v) is 4.41. The van der Waals surface area contributed by atoms with Crippen LogP contribution in [0.1, 0.15) is 27.2 Å². The maximum atomic E-state index is 12.0. The summed E-state index contributed by atoms with van der Waals surface area (Å²) in [4.78, 5) is 18.2. The summed E-state index contributed by atoms with van der Waals surface area (Å²) in [7, 11) is 1.87. The molecule has 0 aromatic carbocycles. The van der Waals surface area contributed by atoms with Crippen LogP contribution in [0.5, 0.6) is 0 Å². The van der Waals surface area contributed by atoms with Crippen LogP contribution < -0.4 is 0 Å². The van der Waals surface area contributed by atoms with Crippen LogP contribution in [0.25, 0.3) is 0 Å². The molecule has 0 bridgehead atoms. The molecule has 1 unspecified atom stereocenters. The van der Waals surface area contributed by atoms with Crippen LogP contribution in [-0.4, -0.2) is 66.5 Å². The van der Waals surface area contributed by atoms with Crippen LogP contribution >= 0.6 is 0 Å². The van der Waals surface area contributed by atoms with Crippen molar-refractivity contribution in [2.75, 3.05) is 39.8 Å². The van der Waals surface area contributed by atoms with E-state index in [9.17, 15) is 4.79 Å². The van der Waals surface area contributed by atoms with E-state index in [0.717, 1.165) is 39.1 Å². The standard InChI is InChI=1S/C12H25N3O/c1-5-13(4)12(16)15-9-8-11(10-15)14(6-2)7-3/h11H,5-10H2,1-4H3. The van der Waals surface area contributed by atoms with Gasteiger partial charge < -0.3 is 9.80 Å². The third-order valence-corrected chi connectivity index (χ3v) is 3.56. The van der Waals surface area contributed by atoms with Crippen molar-refractivity contribution in [2.45, 2.75) is 33.2 Å². The number of likely N-dealkylation sites (tertiary alicyclic amines) is 1. The van der Waals surface area contributed by atoms with E-state index in [1.165, 1.54) is 0 Å². The summed E-state index contributed by atoms with van der Waals surface area (Å²) >= 11 is 0. The van der Waals surface area contributed by atoms with Crippen molar-refractivity contribution in [3.63, 3.8) is 0 Å². The summed E-state index contributed by atoms with van der Waals surface area (Å²) in [6, 6.07) is 0.737. The van der Waals surface area contributed by atoms with Crippen molar-refractivity contribution in [1.29, 1.82) is 0 Å². The van der Waals surface area contributed by atoms with Gasteiger partial charge in [-0.25, -0.2) is 4.79 Å². The van der Waals surface area contributed by atoms with Gasteiger partial charge >= 0.3 is 6.03 Å². The molecule has 4 nitrogen and oxygen atoms in total. The summed E-state index contributed by atoms with van der Waals surface area (Å²) in [6.45, 7) is 11.1. The highest BCUT2D eigenvalue weighted by Crippen LogP contribution is 2.16. The molecule has 1 rings (SSSR count). The Labute approximate surface area is 99.2 Å². The number of hydrogen-bond donors (Lipinski definition) is 0. The van der Waals surface area contributed by atoms with E-state index in [1.807, 2.05) is 18.9 Å². The normalized spacial score (nSPS) is 20.6. The van der Waals surface area contributed by atoms with E-state index < -0.39 is 0 Å². The lowest BCUT2D eigenvalue weighted by molar-refractivity contribution is 0.166. The van der Waals surface area contributed by atoms with E-state index >= 15 is 0 Å². The van der Waals surface area contributed by atoms with Crippen molar-refractivity contribution < 1.29 is 4.79 Å². The topological polar surface area (TPSA) is 26.8 Å². The minimum Gasteiger partial charge on any atom is -0.328 e. The molecule has 0 aromatic rings. The third kappa shape index (κ3) is 2.88. The van der Waals surface area contributed by atoms with E-state index in [0.29, 0.717) is 6.04 Å². The molecule has 0 N–H and O–H groups in total. The molecule has 1 heterocycles. The van der Waals surface area contributed by atoms with Crippen molar-refractivity contribution in [2.24, 2.45) is 0 Å². The van der Waals surface area contributed by atoms with Crippen molar-refractivity contribution in [3.8, 4) is 0 Å². The Hall–Kier alpha value is -0.770. The van der Waals surface area contributed by atoms with Crippen LogP contribution in [0.3, 0.4) is 0 Å². The highest BCUT2D eigenvalue weighted by molar-refractivity contribution is 5.74. The Morgan fingerprint density at radius 1 is 1.25 bits per heavy atom. The molecular weight excluding hydrogens is 202 g/mol. The Balaban J connectivity index is 2.48. The summed E-state index contributed by atoms with van der Waals surface area (Å²) in [5.41, 5.74) is 0. The molecule has 1 fully saturated rings. The molecule has 1 saturated heterocycles. The molecule has 1 atom stereocenters. The van der Waals surface area contributed by atoms with E-state index in [2.05, 4.69) is 18.7 Å². The molecule has 0 saturated carbocycles. The fraction of sp³-hybridized carbons (Fsp3) is 0.917. The van der Waals surface area contributed by atoms with Gasteiger partial charge in [-0.1, -0.05) is 13.8 Å². The Kier molecular flexibility index (Phi) is 5.06. The number of rotatable bonds is 4. The zero-order chi connectivity index (χ0) is 12.1. The smallest absolute Gasteiger partial charge is 0.319 e. The molecular formula is C12H25N3O. The van der Waals surface area contributed by atoms with E-state index in [1.54, 1.807) is 4.90 Å². The average Bonchev–Trinajstić information content (AvgIpc) is 2.78. The highest BCUT2D eigenvalue weighted by atomic mass is 16.2. The average molecular weight is 227 g/mol. The van der Waals surface area contributed by atoms with Gasteiger partial charge in [-0.05, 0) is 26.4 Å². The summed E-state index contributed by atoms with van der Waals surface area (Å²) < 4.78 is 0. The van der Waals surface area contributed by atoms with Crippen LogP contribution in [0, 0.1) is 0 Å². The zero-order valence-electron chi connectivity index (χ0n) is 11.1. The number of urea groups is 1. The van der Waals surface area contributed by atoms with Gasteiger partial charge in [0.2, 0.25) is 0 Å². The minimum absolute atomic E-state index is 0.178. The first-order valence-electron chi connectivity index (χ1n) is 6.38. The van der Waals surface area contributed by atoms with Gasteiger partial charge in [0.1, 0.15) is 0 Å². The summed E-state index contributed by atoms with van der Waals surface area (Å²) in [5, 5.41) is 0. The molecule has 1 aliphatic heterocycles. The van der Waals surface area contributed by atoms with Gasteiger partial charge in [0.15, 0.2) is 0 Å². The minimum atomic E-state index is 0.178. The maximum Gasteiger partial charge on any atom is 0.319 e. The predicted octanol–water partition coefficient (Wildman–Crippen LogP) is 1.47.